The SMILES string of the molecule is Cc1cc(C(N)c2cccc(I)c2)c(F)cc1F. The van der Waals surface area contributed by atoms with E-state index >= 15 is 0 Å². The van der Waals surface area contributed by atoms with Crippen molar-refractivity contribution in [1.29, 1.82) is 0 Å². The lowest BCUT2D eigenvalue weighted by atomic mass is 9.97. The Balaban J connectivity index is 2.46. The van der Waals surface area contributed by atoms with E-state index in [1.807, 2.05) is 24.3 Å². The van der Waals surface area contributed by atoms with Gasteiger partial charge in [0.15, 0.2) is 0 Å². The van der Waals surface area contributed by atoms with Crippen molar-refractivity contribution in [3.63, 3.8) is 0 Å². The van der Waals surface area contributed by atoms with Crippen molar-refractivity contribution < 1.29 is 8.78 Å². The minimum absolute atomic E-state index is 0.316. The molecule has 1 nitrogen and oxygen atoms in total. The number of nitrogens with two attached hydrogens (primary N) is 1. The quantitative estimate of drug-likeness (QED) is 0.808. The van der Waals surface area contributed by atoms with E-state index in [1.165, 1.54) is 6.07 Å². The minimum atomic E-state index is -0.607. The number of benzene rings is 2. The zero-order valence-electron chi connectivity index (χ0n) is 9.75. The molecular weight excluding hydrogens is 347 g/mol. The van der Waals surface area contributed by atoms with Crippen LogP contribution in [0.25, 0.3) is 0 Å². The summed E-state index contributed by atoms with van der Waals surface area (Å²) in [4.78, 5) is 0. The summed E-state index contributed by atoms with van der Waals surface area (Å²) >= 11 is 2.17. The molecule has 0 fully saturated rings. The van der Waals surface area contributed by atoms with Crippen molar-refractivity contribution in [2.75, 3.05) is 0 Å². The van der Waals surface area contributed by atoms with E-state index < -0.39 is 17.7 Å². The van der Waals surface area contributed by atoms with Crippen molar-refractivity contribution in [2.45, 2.75) is 13.0 Å². The standard InChI is InChI=1S/C14H12F2IN/c1-8-5-11(13(16)7-12(8)15)14(18)9-3-2-4-10(17)6-9/h2-7,14H,18H2,1H3. The highest BCUT2D eigenvalue weighted by Crippen LogP contribution is 2.25. The number of aryl methyl sites for hydroxylation is 1. The molecule has 94 valence electrons. The molecule has 0 aromatic heterocycles. The third kappa shape index (κ3) is 2.70. The predicted molar refractivity (Wildman–Crippen MR) is 76.3 cm³/mol. The molecule has 0 aliphatic heterocycles. The Morgan fingerprint density at radius 3 is 2.50 bits per heavy atom. The fourth-order valence-corrected chi connectivity index (χ4v) is 2.36. The zero-order chi connectivity index (χ0) is 13.3. The Hall–Kier alpha value is -1.01. The molecule has 0 radical (unpaired) electrons. The second-order valence-electron chi connectivity index (χ2n) is 4.16. The summed E-state index contributed by atoms with van der Waals surface area (Å²) in [7, 11) is 0. The smallest absolute Gasteiger partial charge is 0.131 e. The molecule has 1 atom stereocenters. The first-order chi connectivity index (χ1) is 8.49. The maximum absolute atomic E-state index is 13.7. The number of hydrogen-bond acceptors (Lipinski definition) is 1. The van der Waals surface area contributed by atoms with Crippen LogP contribution in [0.5, 0.6) is 0 Å². The molecule has 0 amide bonds. The summed E-state index contributed by atoms with van der Waals surface area (Å²) in [5.74, 6) is -1.16. The van der Waals surface area contributed by atoms with E-state index in [2.05, 4.69) is 22.6 Å². The van der Waals surface area contributed by atoms with Crippen LogP contribution in [0.4, 0.5) is 8.78 Å². The second-order valence-corrected chi connectivity index (χ2v) is 5.40. The highest BCUT2D eigenvalue weighted by molar-refractivity contribution is 14.1. The van der Waals surface area contributed by atoms with Crippen LogP contribution < -0.4 is 5.73 Å². The van der Waals surface area contributed by atoms with Crippen molar-refractivity contribution in [3.05, 3.63) is 68.3 Å². The Bertz CT molecular complexity index is 584. The van der Waals surface area contributed by atoms with Gasteiger partial charge in [0.25, 0.3) is 0 Å². The highest BCUT2D eigenvalue weighted by atomic mass is 127. The van der Waals surface area contributed by atoms with Gasteiger partial charge in [-0.25, -0.2) is 8.78 Å². The van der Waals surface area contributed by atoms with Crippen molar-refractivity contribution >= 4 is 22.6 Å². The molecule has 2 N–H and O–H groups in total. The average molecular weight is 359 g/mol. The van der Waals surface area contributed by atoms with Crippen LogP contribution in [0.2, 0.25) is 0 Å². The summed E-state index contributed by atoms with van der Waals surface area (Å²) < 4.78 is 28.0. The van der Waals surface area contributed by atoms with Gasteiger partial charge in [-0.2, -0.15) is 0 Å². The largest absolute Gasteiger partial charge is 0.320 e. The molecular formula is C14H12F2IN. The van der Waals surface area contributed by atoms with E-state index in [0.717, 1.165) is 15.2 Å². The second kappa shape index (κ2) is 5.32. The molecule has 2 rings (SSSR count). The topological polar surface area (TPSA) is 26.0 Å². The molecule has 1 unspecified atom stereocenters. The monoisotopic (exact) mass is 359 g/mol. The van der Waals surface area contributed by atoms with Crippen molar-refractivity contribution in [3.8, 4) is 0 Å². The van der Waals surface area contributed by atoms with Crippen LogP contribution in [-0.2, 0) is 0 Å². The zero-order valence-corrected chi connectivity index (χ0v) is 11.9. The lowest BCUT2D eigenvalue weighted by Crippen LogP contribution is -2.14. The number of hydrogen-bond donors (Lipinski definition) is 1. The molecule has 0 spiro atoms. The van der Waals surface area contributed by atoms with Crippen LogP contribution in [0.3, 0.4) is 0 Å². The normalized spacial score (nSPS) is 12.5. The van der Waals surface area contributed by atoms with Gasteiger partial charge in [0.05, 0.1) is 6.04 Å². The molecule has 0 heterocycles. The molecule has 0 aliphatic carbocycles. The molecule has 18 heavy (non-hydrogen) atoms. The van der Waals surface area contributed by atoms with E-state index in [-0.39, 0.29) is 0 Å². The van der Waals surface area contributed by atoms with Gasteiger partial charge in [-0.15, -0.1) is 0 Å². The summed E-state index contributed by atoms with van der Waals surface area (Å²) in [6.45, 7) is 1.60. The van der Waals surface area contributed by atoms with E-state index in [9.17, 15) is 8.78 Å². The molecule has 2 aromatic rings. The molecule has 0 bridgehead atoms. The van der Waals surface area contributed by atoms with Gasteiger partial charge in [0.1, 0.15) is 11.6 Å². The first-order valence-electron chi connectivity index (χ1n) is 5.45. The Morgan fingerprint density at radius 2 is 1.83 bits per heavy atom. The molecule has 2 aromatic carbocycles. The van der Waals surface area contributed by atoms with Gasteiger partial charge >= 0.3 is 0 Å². The van der Waals surface area contributed by atoms with E-state index in [4.69, 9.17) is 5.73 Å². The summed E-state index contributed by atoms with van der Waals surface area (Å²) in [5, 5.41) is 0. The van der Waals surface area contributed by atoms with Crippen LogP contribution in [-0.4, -0.2) is 0 Å². The van der Waals surface area contributed by atoms with Gasteiger partial charge in [0, 0.05) is 15.2 Å². The molecule has 0 saturated carbocycles. The van der Waals surface area contributed by atoms with Crippen molar-refractivity contribution in [1.82, 2.24) is 0 Å². The lowest BCUT2D eigenvalue weighted by Gasteiger charge is -2.15. The molecule has 0 saturated heterocycles. The molecule has 4 heteroatoms. The highest BCUT2D eigenvalue weighted by Gasteiger charge is 2.16. The Labute approximate surface area is 118 Å². The first kappa shape index (κ1) is 13.4. The maximum atomic E-state index is 13.7. The van der Waals surface area contributed by atoms with Crippen LogP contribution in [0, 0.1) is 22.1 Å². The fraction of sp³-hybridized carbons (Fsp3) is 0.143. The van der Waals surface area contributed by atoms with E-state index in [1.54, 1.807) is 6.92 Å². The van der Waals surface area contributed by atoms with Crippen molar-refractivity contribution in [2.24, 2.45) is 5.73 Å². The predicted octanol–water partition coefficient (Wildman–Crippen LogP) is 3.93. The molecule has 0 aliphatic rings. The van der Waals surface area contributed by atoms with Crippen LogP contribution in [0.1, 0.15) is 22.7 Å². The minimum Gasteiger partial charge on any atom is -0.320 e. The Kier molecular flexibility index (Phi) is 3.97. The van der Waals surface area contributed by atoms with Gasteiger partial charge in [-0.05, 0) is 58.8 Å². The Morgan fingerprint density at radius 1 is 1.11 bits per heavy atom. The fourth-order valence-electron chi connectivity index (χ4n) is 1.80. The van der Waals surface area contributed by atoms with Gasteiger partial charge in [-0.3, -0.25) is 0 Å². The van der Waals surface area contributed by atoms with Crippen LogP contribution >= 0.6 is 22.6 Å². The van der Waals surface area contributed by atoms with Gasteiger partial charge in [-0.1, -0.05) is 12.1 Å². The average Bonchev–Trinajstić information content (AvgIpc) is 2.33. The third-order valence-corrected chi connectivity index (χ3v) is 3.49. The van der Waals surface area contributed by atoms with E-state index in [0.29, 0.717) is 11.1 Å². The summed E-state index contributed by atoms with van der Waals surface area (Å²) in [6.07, 6.45) is 0. The lowest BCUT2D eigenvalue weighted by molar-refractivity contribution is 0.561. The maximum Gasteiger partial charge on any atom is 0.131 e. The summed E-state index contributed by atoms with van der Waals surface area (Å²) in [5.41, 5.74) is 7.56. The summed E-state index contributed by atoms with van der Waals surface area (Å²) in [6, 6.07) is 9.30. The number of halogens is 3. The van der Waals surface area contributed by atoms with Gasteiger partial charge < -0.3 is 5.73 Å². The van der Waals surface area contributed by atoms with Crippen LogP contribution in [0.15, 0.2) is 36.4 Å². The number of rotatable bonds is 2. The van der Waals surface area contributed by atoms with Gasteiger partial charge in [0.2, 0.25) is 0 Å². The first-order valence-corrected chi connectivity index (χ1v) is 6.53. The third-order valence-electron chi connectivity index (χ3n) is 2.82.